The van der Waals surface area contributed by atoms with Crippen molar-refractivity contribution in [3.05, 3.63) is 35.4 Å². The zero-order valence-electron chi connectivity index (χ0n) is 11.5. The number of rotatable bonds is 4. The first kappa shape index (κ1) is 15.4. The van der Waals surface area contributed by atoms with E-state index in [2.05, 4.69) is 0 Å². The van der Waals surface area contributed by atoms with Gasteiger partial charge in [-0.3, -0.25) is 9.59 Å². The summed E-state index contributed by atoms with van der Waals surface area (Å²) in [6, 6.07) is 2.77. The topological polar surface area (TPSA) is 72.6 Å². The van der Waals surface area contributed by atoms with Crippen molar-refractivity contribution in [3.63, 3.8) is 0 Å². The molecule has 1 aliphatic rings. The van der Waals surface area contributed by atoms with Gasteiger partial charge in [0.1, 0.15) is 11.6 Å². The number of benzene rings is 1. The lowest BCUT2D eigenvalue weighted by Gasteiger charge is -2.16. The average molecular weight is 298 g/mol. The van der Waals surface area contributed by atoms with Gasteiger partial charge in [0.05, 0.1) is 18.1 Å². The predicted molar refractivity (Wildman–Crippen MR) is 70.3 cm³/mol. The highest BCUT2D eigenvalue weighted by Gasteiger charge is 2.39. The molecule has 0 radical (unpaired) electrons. The van der Waals surface area contributed by atoms with Gasteiger partial charge >= 0.3 is 0 Å². The fourth-order valence-electron chi connectivity index (χ4n) is 2.58. The molecule has 2 N–H and O–H groups in total. The Morgan fingerprint density at radius 3 is 2.67 bits per heavy atom. The molecule has 114 valence electrons. The molecular formula is C14H16F2N2O3. The highest BCUT2D eigenvalue weighted by molar-refractivity contribution is 5.95. The molecule has 1 aromatic carbocycles. The van der Waals surface area contributed by atoms with Crippen molar-refractivity contribution in [2.75, 3.05) is 26.8 Å². The summed E-state index contributed by atoms with van der Waals surface area (Å²) >= 11 is 0. The summed E-state index contributed by atoms with van der Waals surface area (Å²) in [4.78, 5) is 25.0. The fraction of sp³-hybridized carbons (Fsp3) is 0.429. The van der Waals surface area contributed by atoms with Crippen LogP contribution in [0, 0.1) is 23.5 Å². The summed E-state index contributed by atoms with van der Waals surface area (Å²) in [5, 5.41) is 0. The van der Waals surface area contributed by atoms with E-state index in [1.165, 1.54) is 12.0 Å². The van der Waals surface area contributed by atoms with Gasteiger partial charge in [-0.05, 0) is 12.1 Å². The van der Waals surface area contributed by atoms with Crippen molar-refractivity contribution in [2.45, 2.75) is 0 Å². The predicted octanol–water partition coefficient (Wildman–Crippen LogP) is 0.785. The Kier molecular flexibility index (Phi) is 4.52. The SMILES string of the molecule is COC[C@@H]1CN(C(=O)c2ccc(F)cc2F)C[C@H]1C(N)=O. The summed E-state index contributed by atoms with van der Waals surface area (Å²) in [5.74, 6) is -3.54. The summed E-state index contributed by atoms with van der Waals surface area (Å²) < 4.78 is 31.5. The molecule has 2 rings (SSSR count). The number of primary amides is 1. The molecule has 1 aliphatic heterocycles. The molecule has 1 heterocycles. The lowest BCUT2D eigenvalue weighted by molar-refractivity contribution is -0.122. The van der Waals surface area contributed by atoms with Crippen LogP contribution in [0.5, 0.6) is 0 Å². The molecule has 1 fully saturated rings. The minimum Gasteiger partial charge on any atom is -0.384 e. The smallest absolute Gasteiger partial charge is 0.256 e. The van der Waals surface area contributed by atoms with E-state index in [1.807, 2.05) is 0 Å². The van der Waals surface area contributed by atoms with Gasteiger partial charge < -0.3 is 15.4 Å². The third-order valence-electron chi connectivity index (χ3n) is 3.64. The molecule has 1 aromatic rings. The van der Waals surface area contributed by atoms with Gasteiger partial charge in [-0.25, -0.2) is 8.78 Å². The third-order valence-corrected chi connectivity index (χ3v) is 3.64. The Balaban J connectivity index is 2.18. The number of hydrogen-bond donors (Lipinski definition) is 1. The highest BCUT2D eigenvalue weighted by atomic mass is 19.1. The van der Waals surface area contributed by atoms with Crippen molar-refractivity contribution in [1.82, 2.24) is 4.90 Å². The average Bonchev–Trinajstić information content (AvgIpc) is 2.83. The quantitative estimate of drug-likeness (QED) is 0.893. The van der Waals surface area contributed by atoms with E-state index in [4.69, 9.17) is 10.5 Å². The number of carbonyl (C=O) groups excluding carboxylic acids is 2. The van der Waals surface area contributed by atoms with Gasteiger partial charge in [0.15, 0.2) is 0 Å². The van der Waals surface area contributed by atoms with Crippen molar-refractivity contribution < 1.29 is 23.1 Å². The minimum atomic E-state index is -0.925. The van der Waals surface area contributed by atoms with E-state index in [-0.39, 0.29) is 31.2 Å². The van der Waals surface area contributed by atoms with Gasteiger partial charge in [-0.15, -0.1) is 0 Å². The molecule has 5 nitrogen and oxygen atoms in total. The van der Waals surface area contributed by atoms with Crippen LogP contribution < -0.4 is 5.73 Å². The monoisotopic (exact) mass is 298 g/mol. The van der Waals surface area contributed by atoms with Crippen LogP contribution in [0.4, 0.5) is 8.78 Å². The second kappa shape index (κ2) is 6.17. The minimum absolute atomic E-state index is 0.110. The molecule has 0 aromatic heterocycles. The maximum Gasteiger partial charge on any atom is 0.256 e. The standard InChI is InChI=1S/C14H16F2N2O3/c1-21-7-8-5-18(6-11(8)13(17)19)14(20)10-3-2-9(15)4-12(10)16/h2-4,8,11H,5-7H2,1H3,(H2,17,19)/t8-,11+/m0/s1. The maximum absolute atomic E-state index is 13.7. The zero-order valence-corrected chi connectivity index (χ0v) is 11.5. The van der Waals surface area contributed by atoms with Crippen molar-refractivity contribution in [1.29, 1.82) is 0 Å². The molecule has 2 amide bonds. The van der Waals surface area contributed by atoms with Crippen LogP contribution in [0.15, 0.2) is 18.2 Å². The second-order valence-electron chi connectivity index (χ2n) is 5.06. The molecule has 0 aliphatic carbocycles. The first-order chi connectivity index (χ1) is 9.93. The maximum atomic E-state index is 13.7. The Morgan fingerprint density at radius 2 is 2.10 bits per heavy atom. The van der Waals surface area contributed by atoms with Gasteiger partial charge in [0.2, 0.25) is 5.91 Å². The molecule has 0 spiro atoms. The van der Waals surface area contributed by atoms with E-state index in [0.29, 0.717) is 6.07 Å². The molecule has 0 bridgehead atoms. The number of halogens is 2. The Labute approximate surface area is 120 Å². The van der Waals surface area contributed by atoms with Gasteiger partial charge in [0.25, 0.3) is 5.91 Å². The molecule has 21 heavy (non-hydrogen) atoms. The number of hydrogen-bond acceptors (Lipinski definition) is 3. The van der Waals surface area contributed by atoms with Gasteiger partial charge in [0, 0.05) is 32.2 Å². The van der Waals surface area contributed by atoms with Crippen molar-refractivity contribution in [3.8, 4) is 0 Å². The molecule has 0 unspecified atom stereocenters. The fourth-order valence-corrected chi connectivity index (χ4v) is 2.58. The van der Waals surface area contributed by atoms with Crippen LogP contribution in [0.1, 0.15) is 10.4 Å². The normalized spacial score (nSPS) is 21.6. The summed E-state index contributed by atoms with van der Waals surface area (Å²) in [6.07, 6.45) is 0. The first-order valence-corrected chi connectivity index (χ1v) is 6.46. The number of nitrogens with two attached hydrogens (primary N) is 1. The Hall–Kier alpha value is -2.02. The lowest BCUT2D eigenvalue weighted by atomic mass is 9.96. The zero-order chi connectivity index (χ0) is 15.6. The summed E-state index contributed by atoms with van der Waals surface area (Å²) in [5.41, 5.74) is 5.09. The second-order valence-corrected chi connectivity index (χ2v) is 5.06. The number of amides is 2. The highest BCUT2D eigenvalue weighted by Crippen LogP contribution is 2.25. The largest absolute Gasteiger partial charge is 0.384 e. The Bertz CT molecular complexity index is 565. The molecule has 7 heteroatoms. The third kappa shape index (κ3) is 3.18. The van der Waals surface area contributed by atoms with E-state index < -0.39 is 29.4 Å². The van der Waals surface area contributed by atoms with Crippen LogP contribution >= 0.6 is 0 Å². The van der Waals surface area contributed by atoms with Crippen molar-refractivity contribution >= 4 is 11.8 Å². The summed E-state index contributed by atoms with van der Waals surface area (Å²) in [6.45, 7) is 0.638. The molecule has 1 saturated heterocycles. The van der Waals surface area contributed by atoms with E-state index in [9.17, 15) is 18.4 Å². The Morgan fingerprint density at radius 1 is 1.38 bits per heavy atom. The summed E-state index contributed by atoms with van der Waals surface area (Å²) in [7, 11) is 1.49. The number of carbonyl (C=O) groups is 2. The van der Waals surface area contributed by atoms with Crippen LogP contribution in [0.2, 0.25) is 0 Å². The van der Waals surface area contributed by atoms with Crippen LogP contribution in [0.3, 0.4) is 0 Å². The van der Waals surface area contributed by atoms with Crippen LogP contribution in [0.25, 0.3) is 0 Å². The number of methoxy groups -OCH3 is 1. The molecule has 0 saturated carbocycles. The first-order valence-electron chi connectivity index (χ1n) is 6.46. The number of nitrogens with zero attached hydrogens (tertiary/aromatic N) is 1. The van der Waals surface area contributed by atoms with Crippen LogP contribution in [-0.2, 0) is 9.53 Å². The lowest BCUT2D eigenvalue weighted by Crippen LogP contribution is -2.32. The van der Waals surface area contributed by atoms with E-state index in [1.54, 1.807) is 0 Å². The van der Waals surface area contributed by atoms with Gasteiger partial charge in [-0.1, -0.05) is 0 Å². The van der Waals surface area contributed by atoms with Crippen molar-refractivity contribution in [2.24, 2.45) is 17.6 Å². The van der Waals surface area contributed by atoms with E-state index >= 15 is 0 Å². The molecular weight excluding hydrogens is 282 g/mol. The molecule has 2 atom stereocenters. The number of likely N-dealkylation sites (tertiary alicyclic amines) is 1. The van der Waals surface area contributed by atoms with E-state index in [0.717, 1.165) is 12.1 Å². The number of ether oxygens (including phenoxy) is 1. The van der Waals surface area contributed by atoms with Gasteiger partial charge in [-0.2, -0.15) is 0 Å². The van der Waals surface area contributed by atoms with Crippen LogP contribution in [-0.4, -0.2) is 43.5 Å².